The van der Waals surface area contributed by atoms with Crippen LogP contribution in [-0.2, 0) is 18.5 Å². The summed E-state index contributed by atoms with van der Waals surface area (Å²) in [5, 5.41) is 3.56. The van der Waals surface area contributed by atoms with Crippen molar-refractivity contribution in [2.24, 2.45) is 5.92 Å². The average molecular weight is 304 g/mol. The van der Waals surface area contributed by atoms with Gasteiger partial charge in [-0.15, -0.1) is 0 Å². The molecule has 22 heavy (non-hydrogen) atoms. The number of hydrogen-bond donors (Lipinski definition) is 1. The molecular weight excluding hydrogens is 272 g/mol. The van der Waals surface area contributed by atoms with Gasteiger partial charge in [-0.2, -0.15) is 0 Å². The summed E-state index contributed by atoms with van der Waals surface area (Å²) in [6, 6.07) is 4.78. The molecule has 1 fully saturated rings. The first-order valence-electron chi connectivity index (χ1n) is 8.75. The molecule has 0 radical (unpaired) electrons. The van der Waals surface area contributed by atoms with Crippen LogP contribution in [0.1, 0.15) is 71.6 Å². The molecule has 0 saturated heterocycles. The quantitative estimate of drug-likeness (QED) is 0.897. The van der Waals surface area contributed by atoms with Crippen molar-refractivity contribution in [3.8, 4) is 0 Å². The number of hydrogen-bond acceptors (Lipinski definition) is 2. The number of rotatable bonds is 5. The van der Waals surface area contributed by atoms with Crippen LogP contribution in [-0.4, -0.2) is 10.6 Å². The molecule has 0 unspecified atom stereocenters. The number of pyridine rings is 1. The Hall–Kier alpha value is -1.09. The molecule has 1 aliphatic rings. The predicted octanol–water partition coefficient (Wildman–Crippen LogP) is 3.83. The number of nitrogens with one attached hydrogen (secondary N) is 1. The fourth-order valence-electron chi connectivity index (χ4n) is 3.34. The van der Waals surface area contributed by atoms with Crippen LogP contribution in [0.2, 0.25) is 0 Å². The van der Waals surface area contributed by atoms with Gasteiger partial charge in [0.2, 0.25) is 0 Å². The van der Waals surface area contributed by atoms with Gasteiger partial charge in [0.25, 0.3) is 5.56 Å². The third-order valence-corrected chi connectivity index (χ3v) is 4.51. The maximum Gasteiger partial charge on any atom is 0.255 e. The second kappa shape index (κ2) is 6.99. The van der Waals surface area contributed by atoms with Crippen LogP contribution < -0.4 is 10.9 Å². The molecular formula is C19H32N2O. The molecule has 1 heterocycles. The minimum atomic E-state index is -0.00847. The summed E-state index contributed by atoms with van der Waals surface area (Å²) in [6.07, 6.45) is 5.14. The molecule has 1 aromatic rings. The monoisotopic (exact) mass is 304 g/mol. The van der Waals surface area contributed by atoms with Crippen LogP contribution in [0.5, 0.6) is 0 Å². The van der Waals surface area contributed by atoms with E-state index >= 15 is 0 Å². The SMILES string of the molecule is CC(C)Cn1c(C(C)(C)C)ccc(CNC2CCCC2)c1=O. The first-order valence-corrected chi connectivity index (χ1v) is 8.75. The lowest BCUT2D eigenvalue weighted by Gasteiger charge is -2.26. The standard InChI is InChI=1S/C19H32N2O/c1-14(2)13-21-17(19(3,4)5)11-10-15(18(21)22)12-20-16-8-6-7-9-16/h10-11,14,16,20H,6-9,12-13H2,1-5H3. The van der Waals surface area contributed by atoms with Gasteiger partial charge in [-0.05, 0) is 24.8 Å². The average Bonchev–Trinajstić information content (AvgIpc) is 2.91. The maximum atomic E-state index is 12.9. The van der Waals surface area contributed by atoms with E-state index < -0.39 is 0 Å². The summed E-state index contributed by atoms with van der Waals surface area (Å²) in [7, 11) is 0. The minimum Gasteiger partial charge on any atom is -0.312 e. The highest BCUT2D eigenvalue weighted by Gasteiger charge is 2.21. The highest BCUT2D eigenvalue weighted by atomic mass is 16.1. The second-order valence-corrected chi connectivity index (χ2v) is 8.17. The van der Waals surface area contributed by atoms with Crippen LogP contribution in [0.4, 0.5) is 0 Å². The van der Waals surface area contributed by atoms with Crippen LogP contribution in [0.25, 0.3) is 0 Å². The lowest BCUT2D eigenvalue weighted by atomic mass is 9.90. The third-order valence-electron chi connectivity index (χ3n) is 4.51. The largest absolute Gasteiger partial charge is 0.312 e. The molecule has 0 amide bonds. The molecule has 1 aromatic heterocycles. The number of nitrogens with zero attached hydrogens (tertiary/aromatic N) is 1. The third kappa shape index (κ3) is 4.22. The van der Waals surface area contributed by atoms with Crippen molar-refractivity contribution in [1.82, 2.24) is 9.88 Å². The lowest BCUT2D eigenvalue weighted by molar-refractivity contribution is 0.442. The smallest absolute Gasteiger partial charge is 0.255 e. The summed E-state index contributed by atoms with van der Waals surface area (Å²) in [6.45, 7) is 12.4. The van der Waals surface area contributed by atoms with E-state index in [9.17, 15) is 4.79 Å². The van der Waals surface area contributed by atoms with Crippen molar-refractivity contribution in [3.63, 3.8) is 0 Å². The van der Waals surface area contributed by atoms with Gasteiger partial charge < -0.3 is 9.88 Å². The summed E-state index contributed by atoms with van der Waals surface area (Å²) >= 11 is 0. The molecule has 1 aliphatic carbocycles. The molecule has 0 bridgehead atoms. The van der Waals surface area contributed by atoms with Crippen LogP contribution in [0, 0.1) is 5.92 Å². The van der Waals surface area contributed by atoms with Gasteiger partial charge in [0, 0.05) is 35.8 Å². The van der Waals surface area contributed by atoms with Crippen molar-refractivity contribution in [1.29, 1.82) is 0 Å². The fraction of sp³-hybridized carbons (Fsp3) is 0.737. The van der Waals surface area contributed by atoms with E-state index in [1.54, 1.807) is 0 Å². The summed E-state index contributed by atoms with van der Waals surface area (Å²) in [5.41, 5.74) is 2.22. The highest BCUT2D eigenvalue weighted by molar-refractivity contribution is 5.21. The van der Waals surface area contributed by atoms with Gasteiger partial charge in [0.05, 0.1) is 0 Å². The summed E-state index contributed by atoms with van der Waals surface area (Å²) in [4.78, 5) is 12.9. The molecule has 124 valence electrons. The molecule has 0 aromatic carbocycles. The van der Waals surface area contributed by atoms with Crippen molar-refractivity contribution in [2.45, 2.75) is 84.8 Å². The normalized spacial score (nSPS) is 16.6. The van der Waals surface area contributed by atoms with E-state index in [1.165, 1.54) is 25.7 Å². The van der Waals surface area contributed by atoms with E-state index in [1.807, 2.05) is 10.6 Å². The Labute approximate surface area is 135 Å². The van der Waals surface area contributed by atoms with Gasteiger partial charge in [-0.1, -0.05) is 53.5 Å². The molecule has 0 spiro atoms. The van der Waals surface area contributed by atoms with E-state index in [0.717, 1.165) is 17.8 Å². The molecule has 0 atom stereocenters. The first kappa shape index (κ1) is 17.3. The molecule has 1 N–H and O–H groups in total. The minimum absolute atomic E-state index is 0.00847. The van der Waals surface area contributed by atoms with Gasteiger partial charge in [0.1, 0.15) is 0 Å². The van der Waals surface area contributed by atoms with Crippen molar-refractivity contribution < 1.29 is 0 Å². The first-order chi connectivity index (χ1) is 10.3. The lowest BCUT2D eigenvalue weighted by Crippen LogP contribution is -2.35. The molecule has 3 nitrogen and oxygen atoms in total. The van der Waals surface area contributed by atoms with Gasteiger partial charge >= 0.3 is 0 Å². The van der Waals surface area contributed by atoms with E-state index in [-0.39, 0.29) is 11.0 Å². The van der Waals surface area contributed by atoms with Gasteiger partial charge in [-0.3, -0.25) is 4.79 Å². The predicted molar refractivity (Wildman–Crippen MR) is 93.3 cm³/mol. The van der Waals surface area contributed by atoms with Crippen LogP contribution in [0.3, 0.4) is 0 Å². The van der Waals surface area contributed by atoms with Crippen LogP contribution >= 0.6 is 0 Å². The van der Waals surface area contributed by atoms with E-state index in [2.05, 4.69) is 46.0 Å². The molecule has 2 rings (SSSR count). The van der Waals surface area contributed by atoms with Crippen LogP contribution in [0.15, 0.2) is 16.9 Å². The molecule has 3 heteroatoms. The van der Waals surface area contributed by atoms with Crippen molar-refractivity contribution in [3.05, 3.63) is 33.7 Å². The van der Waals surface area contributed by atoms with Gasteiger partial charge in [0.15, 0.2) is 0 Å². The summed E-state index contributed by atoms with van der Waals surface area (Å²) < 4.78 is 2.00. The molecule has 0 aliphatic heterocycles. The Kier molecular flexibility index (Phi) is 5.49. The van der Waals surface area contributed by atoms with E-state index in [0.29, 0.717) is 18.5 Å². The topological polar surface area (TPSA) is 34.0 Å². The van der Waals surface area contributed by atoms with Crippen molar-refractivity contribution in [2.75, 3.05) is 0 Å². The Morgan fingerprint density at radius 3 is 2.41 bits per heavy atom. The van der Waals surface area contributed by atoms with Gasteiger partial charge in [-0.25, -0.2) is 0 Å². The Bertz CT molecular complexity index is 546. The Morgan fingerprint density at radius 2 is 1.86 bits per heavy atom. The fourth-order valence-corrected chi connectivity index (χ4v) is 3.34. The highest BCUT2D eigenvalue weighted by Crippen LogP contribution is 2.22. The Balaban J connectivity index is 2.26. The molecule has 1 saturated carbocycles. The zero-order chi connectivity index (χ0) is 16.3. The second-order valence-electron chi connectivity index (χ2n) is 8.17. The zero-order valence-electron chi connectivity index (χ0n) is 14.9. The summed E-state index contributed by atoms with van der Waals surface area (Å²) in [5.74, 6) is 0.469. The Morgan fingerprint density at radius 1 is 1.23 bits per heavy atom. The van der Waals surface area contributed by atoms with Crippen molar-refractivity contribution >= 4 is 0 Å². The maximum absolute atomic E-state index is 12.9. The number of aromatic nitrogens is 1. The van der Waals surface area contributed by atoms with E-state index in [4.69, 9.17) is 0 Å². The zero-order valence-corrected chi connectivity index (χ0v) is 14.9.